The number of hydrogen-bond acceptors (Lipinski definition) is 2. The minimum absolute atomic E-state index is 0.0232. The number of anilines is 2. The summed E-state index contributed by atoms with van der Waals surface area (Å²) in [6.07, 6.45) is 1.67. The number of carbonyl (C=O) groups is 1. The van der Waals surface area contributed by atoms with Crippen LogP contribution in [0.2, 0.25) is 0 Å². The van der Waals surface area contributed by atoms with Crippen molar-refractivity contribution < 1.29 is 13.6 Å². The summed E-state index contributed by atoms with van der Waals surface area (Å²) in [6.45, 7) is 2.14. The lowest BCUT2D eigenvalue weighted by Crippen LogP contribution is -2.31. The molecule has 1 aliphatic rings. The van der Waals surface area contributed by atoms with Gasteiger partial charge in [0.05, 0.1) is 11.4 Å². The second-order valence-corrected chi connectivity index (χ2v) is 7.18. The Morgan fingerprint density at radius 2 is 1.48 bits per heavy atom. The van der Waals surface area contributed by atoms with E-state index in [0.717, 1.165) is 55.5 Å². The smallest absolute Gasteiger partial charge is 0.258 e. The van der Waals surface area contributed by atoms with E-state index in [1.807, 2.05) is 42.5 Å². The van der Waals surface area contributed by atoms with Crippen molar-refractivity contribution in [1.82, 2.24) is 0 Å². The van der Waals surface area contributed by atoms with E-state index in [1.165, 1.54) is 5.56 Å². The van der Waals surface area contributed by atoms with Crippen molar-refractivity contribution >= 4 is 17.3 Å². The Hall–Kier alpha value is -3.21. The second-order valence-electron chi connectivity index (χ2n) is 7.18. The summed E-state index contributed by atoms with van der Waals surface area (Å²) >= 11 is 0. The van der Waals surface area contributed by atoms with Crippen LogP contribution in [-0.2, 0) is 6.42 Å². The number of amides is 1. The molecule has 3 aromatic rings. The molecule has 0 aliphatic carbocycles. The van der Waals surface area contributed by atoms with Crippen LogP contribution in [0.25, 0.3) is 0 Å². The predicted octanol–water partition coefficient (Wildman–Crippen LogP) is 5.06. The van der Waals surface area contributed by atoms with Gasteiger partial charge >= 0.3 is 0 Å². The quantitative estimate of drug-likeness (QED) is 0.619. The van der Waals surface area contributed by atoms with Gasteiger partial charge in [-0.15, -0.1) is 0 Å². The minimum Gasteiger partial charge on any atom is -0.369 e. The first-order valence-electron chi connectivity index (χ1n) is 9.78. The maximum atomic E-state index is 13.6. The van der Waals surface area contributed by atoms with E-state index >= 15 is 0 Å². The molecule has 1 aliphatic heterocycles. The lowest BCUT2D eigenvalue weighted by atomic mass is 10.1. The molecule has 0 N–H and O–H groups in total. The summed E-state index contributed by atoms with van der Waals surface area (Å²) in [5, 5.41) is 0. The SMILES string of the molecule is O=C(c1cc(F)cc(F)c1)N1CCCN(CCc2ccccc2)c2ccccc21. The largest absolute Gasteiger partial charge is 0.369 e. The van der Waals surface area contributed by atoms with Crippen molar-refractivity contribution in [2.75, 3.05) is 29.4 Å². The van der Waals surface area contributed by atoms with Crippen LogP contribution < -0.4 is 9.80 Å². The zero-order chi connectivity index (χ0) is 20.2. The summed E-state index contributed by atoms with van der Waals surface area (Å²) in [5.41, 5.74) is 3.02. The van der Waals surface area contributed by atoms with Gasteiger partial charge in [0.25, 0.3) is 5.91 Å². The van der Waals surface area contributed by atoms with Crippen LogP contribution in [0.3, 0.4) is 0 Å². The Morgan fingerprint density at radius 1 is 0.828 bits per heavy atom. The predicted molar refractivity (Wildman–Crippen MR) is 111 cm³/mol. The third-order valence-electron chi connectivity index (χ3n) is 5.19. The van der Waals surface area contributed by atoms with Gasteiger partial charge in [0.2, 0.25) is 0 Å². The fraction of sp³-hybridized carbons (Fsp3) is 0.208. The molecular formula is C24H22F2N2O. The summed E-state index contributed by atoms with van der Waals surface area (Å²) < 4.78 is 27.3. The van der Waals surface area contributed by atoms with Crippen LogP contribution in [0, 0.1) is 11.6 Å². The van der Waals surface area contributed by atoms with Gasteiger partial charge in [0, 0.05) is 31.3 Å². The molecule has 0 unspecified atom stereocenters. The third kappa shape index (κ3) is 4.29. The Balaban J connectivity index is 1.61. The number of carbonyl (C=O) groups excluding carboxylic acids is 1. The molecule has 0 aromatic heterocycles. The number of para-hydroxylation sites is 2. The van der Waals surface area contributed by atoms with Gasteiger partial charge in [-0.05, 0) is 42.7 Å². The number of nitrogens with zero attached hydrogens (tertiary/aromatic N) is 2. The molecule has 1 heterocycles. The number of benzene rings is 3. The maximum absolute atomic E-state index is 13.6. The first kappa shape index (κ1) is 19.1. The molecule has 0 saturated heterocycles. The molecule has 148 valence electrons. The fourth-order valence-corrected chi connectivity index (χ4v) is 3.81. The summed E-state index contributed by atoms with van der Waals surface area (Å²) in [7, 11) is 0. The van der Waals surface area contributed by atoms with E-state index in [9.17, 15) is 13.6 Å². The highest BCUT2D eigenvalue weighted by atomic mass is 19.1. The molecule has 0 spiro atoms. The van der Waals surface area contributed by atoms with Crippen LogP contribution in [0.15, 0.2) is 72.8 Å². The average molecular weight is 392 g/mol. The lowest BCUT2D eigenvalue weighted by molar-refractivity contribution is 0.0986. The molecule has 0 radical (unpaired) electrons. The maximum Gasteiger partial charge on any atom is 0.258 e. The first-order chi connectivity index (χ1) is 14.1. The summed E-state index contributed by atoms with van der Waals surface area (Å²) in [4.78, 5) is 17.0. The molecule has 29 heavy (non-hydrogen) atoms. The van der Waals surface area contributed by atoms with Crippen LogP contribution in [0.4, 0.5) is 20.2 Å². The molecule has 4 rings (SSSR count). The van der Waals surface area contributed by atoms with Crippen LogP contribution >= 0.6 is 0 Å². The normalized spacial score (nSPS) is 13.7. The van der Waals surface area contributed by atoms with Crippen molar-refractivity contribution in [3.05, 3.63) is 95.6 Å². The van der Waals surface area contributed by atoms with Crippen LogP contribution in [-0.4, -0.2) is 25.5 Å². The average Bonchev–Trinajstić information content (AvgIpc) is 2.91. The molecule has 3 aromatic carbocycles. The Kier molecular flexibility index (Phi) is 5.56. The Labute approximate surface area is 169 Å². The number of hydrogen-bond donors (Lipinski definition) is 0. The second kappa shape index (κ2) is 8.43. The fourth-order valence-electron chi connectivity index (χ4n) is 3.81. The zero-order valence-corrected chi connectivity index (χ0v) is 16.0. The first-order valence-corrected chi connectivity index (χ1v) is 9.78. The van der Waals surface area contributed by atoms with Crippen molar-refractivity contribution in [3.63, 3.8) is 0 Å². The van der Waals surface area contributed by atoms with Crippen molar-refractivity contribution in [3.8, 4) is 0 Å². The Bertz CT molecular complexity index is 987. The van der Waals surface area contributed by atoms with E-state index < -0.39 is 11.6 Å². The highest BCUT2D eigenvalue weighted by Gasteiger charge is 2.26. The lowest BCUT2D eigenvalue weighted by Gasteiger charge is -2.27. The summed E-state index contributed by atoms with van der Waals surface area (Å²) in [5.74, 6) is -1.89. The van der Waals surface area contributed by atoms with Gasteiger partial charge in [0.1, 0.15) is 11.6 Å². The van der Waals surface area contributed by atoms with E-state index in [0.29, 0.717) is 6.54 Å². The standard InChI is InChI=1S/C24H22F2N2O/c25-20-15-19(16-21(26)17-20)24(29)28-13-6-12-27(22-9-4-5-10-23(22)28)14-11-18-7-2-1-3-8-18/h1-5,7-10,15-17H,6,11-14H2. The molecule has 0 bridgehead atoms. The molecule has 1 amide bonds. The molecule has 5 heteroatoms. The van der Waals surface area contributed by atoms with Gasteiger partial charge in [0.15, 0.2) is 0 Å². The third-order valence-corrected chi connectivity index (χ3v) is 5.19. The van der Waals surface area contributed by atoms with Crippen molar-refractivity contribution in [2.45, 2.75) is 12.8 Å². The molecular weight excluding hydrogens is 370 g/mol. The topological polar surface area (TPSA) is 23.6 Å². The Morgan fingerprint density at radius 3 is 2.21 bits per heavy atom. The number of fused-ring (bicyclic) bond motifs is 1. The molecule has 0 fully saturated rings. The van der Waals surface area contributed by atoms with Crippen molar-refractivity contribution in [2.24, 2.45) is 0 Å². The minimum atomic E-state index is -0.749. The van der Waals surface area contributed by atoms with Crippen molar-refractivity contribution in [1.29, 1.82) is 0 Å². The van der Waals surface area contributed by atoms with Gasteiger partial charge in [-0.1, -0.05) is 42.5 Å². The van der Waals surface area contributed by atoms with E-state index in [4.69, 9.17) is 0 Å². The van der Waals surface area contributed by atoms with Gasteiger partial charge < -0.3 is 9.80 Å². The highest BCUT2D eigenvalue weighted by molar-refractivity contribution is 6.08. The molecule has 0 saturated carbocycles. The van der Waals surface area contributed by atoms with Crippen LogP contribution in [0.1, 0.15) is 22.3 Å². The number of rotatable bonds is 4. The van der Waals surface area contributed by atoms with E-state index in [1.54, 1.807) is 4.90 Å². The van der Waals surface area contributed by atoms with E-state index in [-0.39, 0.29) is 11.5 Å². The van der Waals surface area contributed by atoms with Gasteiger partial charge in [-0.2, -0.15) is 0 Å². The monoisotopic (exact) mass is 392 g/mol. The number of halogens is 2. The van der Waals surface area contributed by atoms with E-state index in [2.05, 4.69) is 17.0 Å². The summed E-state index contributed by atoms with van der Waals surface area (Å²) in [6, 6.07) is 21.0. The zero-order valence-electron chi connectivity index (χ0n) is 16.0. The molecule has 0 atom stereocenters. The molecule has 3 nitrogen and oxygen atoms in total. The van der Waals surface area contributed by atoms with Crippen LogP contribution in [0.5, 0.6) is 0 Å². The van der Waals surface area contributed by atoms with Gasteiger partial charge in [-0.25, -0.2) is 8.78 Å². The van der Waals surface area contributed by atoms with Gasteiger partial charge in [-0.3, -0.25) is 4.79 Å². The highest BCUT2D eigenvalue weighted by Crippen LogP contribution is 2.33.